The van der Waals surface area contributed by atoms with Gasteiger partial charge in [-0.15, -0.1) is 0 Å². The molecule has 0 saturated carbocycles. The molecule has 3 aromatic rings. The maximum atomic E-state index is 13.5. The minimum atomic E-state index is -3.98. The molecule has 3 N–H and O–H groups in total. The number of nitrogens with one attached hydrogen (secondary N) is 2. The van der Waals surface area contributed by atoms with Crippen LogP contribution < -0.4 is 24.2 Å². The Morgan fingerprint density at radius 3 is 2.61 bits per heavy atom. The summed E-state index contributed by atoms with van der Waals surface area (Å²) in [7, 11) is -0.671. The topological polar surface area (TPSA) is 165 Å². The number of aliphatic hydroxyl groups is 1. The van der Waals surface area contributed by atoms with E-state index in [1.165, 1.54) is 22.0 Å². The molecule has 14 nitrogen and oxygen atoms in total. The molecule has 3 amide bonds. The molecule has 0 saturated heterocycles. The number of aryl methyl sites for hydroxylation is 1. The Bertz CT molecular complexity index is 1640. The highest BCUT2D eigenvalue weighted by molar-refractivity contribution is 7.92. The zero-order valence-corrected chi connectivity index (χ0v) is 25.7. The van der Waals surface area contributed by atoms with Gasteiger partial charge in [0.2, 0.25) is 12.7 Å². The molecule has 3 heterocycles. The molecule has 0 spiro atoms. The van der Waals surface area contributed by atoms with Gasteiger partial charge in [-0.25, -0.2) is 9.78 Å². The fraction of sp³-hybridized carbons (Fsp3) is 0.414. The average Bonchev–Trinajstić information content (AvgIpc) is 3.65. The minimum absolute atomic E-state index is 0.0846. The highest BCUT2D eigenvalue weighted by Crippen LogP contribution is 2.34. The van der Waals surface area contributed by atoms with E-state index in [1.54, 1.807) is 62.3 Å². The van der Waals surface area contributed by atoms with Gasteiger partial charge in [0.15, 0.2) is 16.5 Å². The summed E-state index contributed by atoms with van der Waals surface area (Å²) in [4.78, 5) is 33.6. The second-order valence-corrected chi connectivity index (χ2v) is 12.7. The summed E-state index contributed by atoms with van der Waals surface area (Å²) in [6.07, 6.45) is 2.12. The van der Waals surface area contributed by atoms with Crippen molar-refractivity contribution in [3.63, 3.8) is 0 Å². The number of benzene rings is 2. The molecule has 0 fully saturated rings. The lowest BCUT2D eigenvalue weighted by atomic mass is 10.0. The molecular weight excluding hydrogens is 592 g/mol. The number of aromatic nitrogens is 2. The summed E-state index contributed by atoms with van der Waals surface area (Å²) < 4.78 is 47.0. The zero-order valence-electron chi connectivity index (χ0n) is 24.9. The summed E-state index contributed by atoms with van der Waals surface area (Å²) >= 11 is 0. The van der Waals surface area contributed by atoms with Crippen molar-refractivity contribution in [1.82, 2.24) is 19.4 Å². The van der Waals surface area contributed by atoms with Crippen molar-refractivity contribution in [1.29, 1.82) is 0 Å². The van der Waals surface area contributed by atoms with E-state index in [9.17, 15) is 23.1 Å². The van der Waals surface area contributed by atoms with E-state index in [0.29, 0.717) is 28.5 Å². The quantitative estimate of drug-likeness (QED) is 0.339. The number of rotatable bonds is 8. The van der Waals surface area contributed by atoms with E-state index in [-0.39, 0.29) is 61.5 Å². The van der Waals surface area contributed by atoms with Gasteiger partial charge in [-0.3, -0.25) is 9.52 Å². The van der Waals surface area contributed by atoms with Crippen molar-refractivity contribution in [2.45, 2.75) is 37.4 Å². The Kier molecular flexibility index (Phi) is 8.87. The normalized spacial score (nSPS) is 18.8. The number of aliphatic hydroxyl groups excluding tert-OH is 1. The van der Waals surface area contributed by atoms with Gasteiger partial charge >= 0.3 is 6.03 Å². The van der Waals surface area contributed by atoms with Crippen LogP contribution in [0.5, 0.6) is 17.2 Å². The van der Waals surface area contributed by atoms with E-state index < -0.39 is 22.2 Å². The third-order valence-electron chi connectivity index (χ3n) is 7.55. The van der Waals surface area contributed by atoms with Crippen LogP contribution in [0.25, 0.3) is 0 Å². The molecule has 2 aliphatic heterocycles. The Morgan fingerprint density at radius 2 is 1.89 bits per heavy atom. The molecule has 2 aliphatic rings. The van der Waals surface area contributed by atoms with Crippen LogP contribution in [0.2, 0.25) is 0 Å². The molecule has 0 bridgehead atoms. The standard InChI is InChI=1S/C29H36N6O8S/c1-18-12-35(19(2)15-36)28(37)10-20-9-22(32-44(39,40)27-14-33(3)16-30-27)6-7-23(20)43-26(18)13-34(4)29(38)31-21-5-8-24-25(11-21)42-17-41-24/h5-9,11,14,16,18-19,26,32,36H,10,12-13,15,17H2,1-4H3,(H,31,38)/t18-,19-,26-/m0/s1. The number of anilines is 2. The lowest BCUT2D eigenvalue weighted by molar-refractivity contribution is -0.134. The number of amides is 3. The van der Waals surface area contributed by atoms with Crippen LogP contribution in [-0.4, -0.2) is 90.5 Å². The van der Waals surface area contributed by atoms with Crippen LogP contribution in [0.3, 0.4) is 0 Å². The predicted octanol–water partition coefficient (Wildman–Crippen LogP) is 2.26. The van der Waals surface area contributed by atoms with Crippen molar-refractivity contribution in [2.24, 2.45) is 13.0 Å². The summed E-state index contributed by atoms with van der Waals surface area (Å²) in [5, 5.41) is 12.6. The van der Waals surface area contributed by atoms with Gasteiger partial charge < -0.3 is 39.0 Å². The van der Waals surface area contributed by atoms with E-state index in [4.69, 9.17) is 14.2 Å². The van der Waals surface area contributed by atoms with Crippen molar-refractivity contribution < 1.29 is 37.3 Å². The minimum Gasteiger partial charge on any atom is -0.488 e. The number of carbonyl (C=O) groups excluding carboxylic acids is 2. The van der Waals surface area contributed by atoms with Crippen molar-refractivity contribution in [3.8, 4) is 17.2 Å². The van der Waals surface area contributed by atoms with Gasteiger partial charge in [-0.2, -0.15) is 8.42 Å². The second-order valence-electron chi connectivity index (χ2n) is 11.1. The SMILES string of the molecule is C[C@H]1CN([C@@H](C)CO)C(=O)Cc2cc(NS(=O)(=O)c3cn(C)cn3)ccc2O[C@H]1CN(C)C(=O)Nc1ccc2c(c1)OCO2. The van der Waals surface area contributed by atoms with Gasteiger partial charge in [0, 0.05) is 55.8 Å². The summed E-state index contributed by atoms with van der Waals surface area (Å²) in [6, 6.07) is 8.98. The third kappa shape index (κ3) is 6.83. The smallest absolute Gasteiger partial charge is 0.321 e. The van der Waals surface area contributed by atoms with Crippen LogP contribution >= 0.6 is 0 Å². The van der Waals surface area contributed by atoms with Crippen molar-refractivity contribution in [2.75, 3.05) is 43.6 Å². The van der Waals surface area contributed by atoms with Crippen molar-refractivity contribution >= 4 is 33.3 Å². The number of nitrogens with zero attached hydrogens (tertiary/aromatic N) is 4. The van der Waals surface area contributed by atoms with E-state index in [0.717, 1.165) is 0 Å². The number of likely N-dealkylation sites (N-methyl/N-ethyl adjacent to an activating group) is 1. The molecule has 0 radical (unpaired) electrons. The van der Waals surface area contributed by atoms with Crippen molar-refractivity contribution in [3.05, 3.63) is 54.5 Å². The predicted molar refractivity (Wildman–Crippen MR) is 160 cm³/mol. The lowest BCUT2D eigenvalue weighted by Gasteiger charge is -2.34. The molecule has 3 atom stereocenters. The van der Waals surface area contributed by atoms with E-state index in [2.05, 4.69) is 15.0 Å². The Morgan fingerprint density at radius 1 is 1.16 bits per heavy atom. The van der Waals surface area contributed by atoms with Crippen LogP contribution in [0.15, 0.2) is 53.9 Å². The first-order valence-corrected chi connectivity index (χ1v) is 15.5. The van der Waals surface area contributed by atoms with E-state index in [1.807, 2.05) is 6.92 Å². The Balaban J connectivity index is 1.38. The largest absolute Gasteiger partial charge is 0.488 e. The number of urea groups is 1. The van der Waals surface area contributed by atoms with Crippen LogP contribution in [0.1, 0.15) is 19.4 Å². The monoisotopic (exact) mass is 628 g/mol. The summed E-state index contributed by atoms with van der Waals surface area (Å²) in [6.45, 7) is 3.99. The van der Waals surface area contributed by atoms with Crippen LogP contribution in [-0.2, 0) is 28.3 Å². The molecule has 2 aromatic carbocycles. The Hall–Kier alpha value is -4.50. The number of hydrogen-bond acceptors (Lipinski definition) is 9. The Labute approximate surface area is 255 Å². The molecule has 236 valence electrons. The lowest BCUT2D eigenvalue weighted by Crippen LogP contribution is -2.48. The number of ether oxygens (including phenoxy) is 3. The molecule has 44 heavy (non-hydrogen) atoms. The maximum absolute atomic E-state index is 13.5. The first-order valence-electron chi connectivity index (χ1n) is 14.1. The number of carbonyl (C=O) groups is 2. The molecule has 1 aromatic heterocycles. The summed E-state index contributed by atoms with van der Waals surface area (Å²) in [5.74, 6) is 1.04. The fourth-order valence-corrected chi connectivity index (χ4v) is 6.02. The highest BCUT2D eigenvalue weighted by atomic mass is 32.2. The van der Waals surface area contributed by atoms with Gasteiger partial charge in [0.05, 0.1) is 31.9 Å². The van der Waals surface area contributed by atoms with Gasteiger partial charge in [-0.1, -0.05) is 6.92 Å². The first-order chi connectivity index (χ1) is 20.9. The molecular formula is C29H36N6O8S. The second kappa shape index (κ2) is 12.6. The third-order valence-corrected chi connectivity index (χ3v) is 8.82. The summed E-state index contributed by atoms with van der Waals surface area (Å²) in [5.41, 5.74) is 1.23. The number of fused-ring (bicyclic) bond motifs is 2. The van der Waals surface area contributed by atoms with Gasteiger partial charge in [0.1, 0.15) is 11.9 Å². The molecule has 15 heteroatoms. The molecule has 0 aliphatic carbocycles. The van der Waals surface area contributed by atoms with Crippen LogP contribution in [0, 0.1) is 5.92 Å². The number of imidazole rings is 1. The number of sulfonamides is 1. The van der Waals surface area contributed by atoms with Gasteiger partial charge in [-0.05, 0) is 37.3 Å². The first kappa shape index (κ1) is 30.9. The number of hydrogen-bond donors (Lipinski definition) is 3. The van der Waals surface area contributed by atoms with E-state index >= 15 is 0 Å². The molecule has 5 rings (SSSR count). The highest BCUT2D eigenvalue weighted by Gasteiger charge is 2.32. The van der Waals surface area contributed by atoms with Gasteiger partial charge in [0.25, 0.3) is 10.0 Å². The molecule has 0 unspecified atom stereocenters. The fourth-order valence-electron chi connectivity index (χ4n) is 4.99. The maximum Gasteiger partial charge on any atom is 0.321 e. The zero-order chi connectivity index (χ0) is 31.6. The average molecular weight is 629 g/mol. The van der Waals surface area contributed by atoms with Crippen LogP contribution in [0.4, 0.5) is 16.2 Å².